The van der Waals surface area contributed by atoms with E-state index in [2.05, 4.69) is 204 Å². The van der Waals surface area contributed by atoms with Crippen molar-refractivity contribution in [2.24, 2.45) is 0 Å². The molecule has 1 heterocycles. The van der Waals surface area contributed by atoms with Gasteiger partial charge in [-0.25, -0.2) is 0 Å². The first-order valence-corrected chi connectivity index (χ1v) is 18.1. The van der Waals surface area contributed by atoms with Gasteiger partial charge in [-0.1, -0.05) is 127 Å². The summed E-state index contributed by atoms with van der Waals surface area (Å²) in [5.41, 5.74) is 18.5. The molecule has 1 spiro atoms. The van der Waals surface area contributed by atoms with Gasteiger partial charge in [-0.2, -0.15) is 0 Å². The van der Waals surface area contributed by atoms with Crippen molar-refractivity contribution in [2.45, 2.75) is 12.3 Å². The Labute approximate surface area is 303 Å². The fourth-order valence-electron chi connectivity index (χ4n) is 9.39. The average Bonchev–Trinajstić information content (AvgIpc) is 3.80. The maximum atomic E-state index is 2.47. The van der Waals surface area contributed by atoms with Gasteiger partial charge in [-0.05, 0) is 118 Å². The van der Waals surface area contributed by atoms with Crippen molar-refractivity contribution in [2.75, 3.05) is 4.90 Å². The summed E-state index contributed by atoms with van der Waals surface area (Å²) < 4.78 is 2.39. The van der Waals surface area contributed by atoms with Crippen molar-refractivity contribution < 1.29 is 0 Å². The number of rotatable bonds is 4. The van der Waals surface area contributed by atoms with Crippen molar-refractivity contribution in [1.29, 1.82) is 0 Å². The molecule has 2 aliphatic carbocycles. The van der Waals surface area contributed by atoms with E-state index in [0.717, 1.165) is 22.7 Å². The molecule has 0 saturated carbocycles. The average molecular weight is 663 g/mol. The van der Waals surface area contributed by atoms with E-state index in [-0.39, 0.29) is 0 Å². The van der Waals surface area contributed by atoms with Gasteiger partial charge in [0, 0.05) is 33.5 Å². The molecule has 0 radical (unpaired) electrons. The van der Waals surface area contributed by atoms with Gasteiger partial charge in [-0.15, -0.1) is 0 Å². The van der Waals surface area contributed by atoms with Crippen LogP contribution in [-0.2, 0) is 5.41 Å². The third kappa shape index (κ3) is 3.89. The molecule has 244 valence electrons. The minimum absolute atomic E-state index is 0.395. The first-order valence-electron chi connectivity index (χ1n) is 18.1. The molecule has 0 atom stereocenters. The molecule has 11 rings (SSSR count). The van der Waals surface area contributed by atoms with Crippen molar-refractivity contribution in [3.8, 4) is 27.9 Å². The minimum Gasteiger partial charge on any atom is -0.310 e. The smallest absolute Gasteiger partial charge is 0.0726 e. The monoisotopic (exact) mass is 662 g/mol. The van der Waals surface area contributed by atoms with Crippen LogP contribution in [0.2, 0.25) is 0 Å². The summed E-state index contributed by atoms with van der Waals surface area (Å²) in [6.45, 7) is 2.17. The number of fused-ring (bicyclic) bond motifs is 13. The van der Waals surface area contributed by atoms with Gasteiger partial charge in [0.25, 0.3) is 0 Å². The molecule has 0 unspecified atom stereocenters. The molecule has 52 heavy (non-hydrogen) atoms. The Morgan fingerprint density at radius 3 is 1.44 bits per heavy atom. The Kier molecular flexibility index (Phi) is 6.12. The van der Waals surface area contributed by atoms with E-state index in [9.17, 15) is 0 Å². The van der Waals surface area contributed by atoms with Crippen LogP contribution in [0.15, 0.2) is 188 Å². The fourth-order valence-corrected chi connectivity index (χ4v) is 9.39. The van der Waals surface area contributed by atoms with Crippen LogP contribution in [0.4, 0.5) is 17.1 Å². The highest BCUT2D eigenvalue weighted by Crippen LogP contribution is 2.63. The molecule has 0 aliphatic heterocycles. The Bertz CT molecular complexity index is 2760. The second-order valence-electron chi connectivity index (χ2n) is 14.2. The first-order chi connectivity index (χ1) is 25.7. The maximum absolute atomic E-state index is 2.47. The lowest BCUT2D eigenvalue weighted by Crippen LogP contribution is -2.26. The second-order valence-corrected chi connectivity index (χ2v) is 14.2. The third-order valence-corrected chi connectivity index (χ3v) is 11.4. The van der Waals surface area contributed by atoms with Crippen molar-refractivity contribution in [3.63, 3.8) is 0 Å². The highest BCUT2D eigenvalue weighted by Gasteiger charge is 2.51. The van der Waals surface area contributed by atoms with Crippen molar-refractivity contribution in [3.05, 3.63) is 216 Å². The van der Waals surface area contributed by atoms with E-state index < -0.39 is 5.41 Å². The summed E-state index contributed by atoms with van der Waals surface area (Å²) in [7, 11) is 0. The van der Waals surface area contributed by atoms with Crippen LogP contribution in [-0.4, -0.2) is 4.57 Å². The molecular formula is C50H34N2. The van der Waals surface area contributed by atoms with Crippen molar-refractivity contribution >= 4 is 38.9 Å². The van der Waals surface area contributed by atoms with Crippen LogP contribution in [0.5, 0.6) is 0 Å². The lowest BCUT2D eigenvalue weighted by molar-refractivity contribution is 0.793. The number of nitrogens with zero attached hydrogens (tertiary/aromatic N) is 2. The van der Waals surface area contributed by atoms with Crippen LogP contribution < -0.4 is 4.90 Å². The number of aryl methyl sites for hydroxylation is 1. The standard InChI is InChI=1S/C50H34N2/c1-33-13-12-14-36(31-33)51(34-25-27-35(28-26-34)52-48-23-10-5-18-42(48)43-19-6-11-24-49(43)52)37-29-30-41-40-17-4-9-22-46(40)50(47(41)32-37)44-20-7-2-15-38(44)39-16-3-8-21-45(39)50/h2-32H,1H3. The van der Waals surface area contributed by atoms with Gasteiger partial charge in [0.1, 0.15) is 0 Å². The van der Waals surface area contributed by atoms with E-state index in [1.54, 1.807) is 0 Å². The Morgan fingerprint density at radius 2 is 0.865 bits per heavy atom. The van der Waals surface area contributed by atoms with Gasteiger partial charge in [0.05, 0.1) is 16.4 Å². The fraction of sp³-hybridized carbons (Fsp3) is 0.0400. The zero-order valence-corrected chi connectivity index (χ0v) is 28.8. The number of benzene rings is 8. The van der Waals surface area contributed by atoms with Gasteiger partial charge in [0.2, 0.25) is 0 Å². The van der Waals surface area contributed by atoms with Crippen LogP contribution in [0.1, 0.15) is 27.8 Å². The highest BCUT2D eigenvalue weighted by atomic mass is 15.1. The van der Waals surface area contributed by atoms with Gasteiger partial charge >= 0.3 is 0 Å². The van der Waals surface area contributed by atoms with E-state index in [1.165, 1.54) is 71.9 Å². The Morgan fingerprint density at radius 1 is 0.385 bits per heavy atom. The summed E-state index contributed by atoms with van der Waals surface area (Å²) in [6, 6.07) is 69.6. The van der Waals surface area contributed by atoms with E-state index >= 15 is 0 Å². The summed E-state index contributed by atoms with van der Waals surface area (Å²) in [6.07, 6.45) is 0. The van der Waals surface area contributed by atoms with Crippen LogP contribution >= 0.6 is 0 Å². The number of para-hydroxylation sites is 2. The van der Waals surface area contributed by atoms with Crippen LogP contribution in [0, 0.1) is 6.92 Å². The summed E-state index contributed by atoms with van der Waals surface area (Å²) in [4.78, 5) is 2.42. The lowest BCUT2D eigenvalue weighted by Gasteiger charge is -2.32. The molecule has 0 bridgehead atoms. The Hall–Kier alpha value is -6.64. The zero-order chi connectivity index (χ0) is 34.4. The SMILES string of the molecule is Cc1cccc(N(c2ccc(-n3c4ccccc4c4ccccc43)cc2)c2ccc3c(c2)C2(c4ccccc4-c4ccccc42)c2ccccc2-3)c1. The number of anilines is 3. The third-order valence-electron chi connectivity index (χ3n) is 11.4. The van der Waals surface area contributed by atoms with E-state index in [1.807, 2.05) is 0 Å². The summed E-state index contributed by atoms with van der Waals surface area (Å²) in [5.74, 6) is 0. The van der Waals surface area contributed by atoms with Gasteiger partial charge < -0.3 is 9.47 Å². The molecule has 8 aromatic carbocycles. The molecular weight excluding hydrogens is 629 g/mol. The number of hydrogen-bond donors (Lipinski definition) is 0. The molecule has 0 fully saturated rings. The predicted molar refractivity (Wildman–Crippen MR) is 216 cm³/mol. The predicted octanol–water partition coefficient (Wildman–Crippen LogP) is 12.9. The molecule has 9 aromatic rings. The summed E-state index contributed by atoms with van der Waals surface area (Å²) >= 11 is 0. The molecule has 1 aromatic heterocycles. The quantitative estimate of drug-likeness (QED) is 0.182. The molecule has 2 aliphatic rings. The first kappa shape index (κ1) is 29.1. The molecule has 0 N–H and O–H groups in total. The molecule has 2 nitrogen and oxygen atoms in total. The molecule has 2 heteroatoms. The van der Waals surface area contributed by atoms with Crippen LogP contribution in [0.3, 0.4) is 0 Å². The normalized spacial score (nSPS) is 13.2. The summed E-state index contributed by atoms with van der Waals surface area (Å²) in [5, 5.41) is 2.54. The van der Waals surface area contributed by atoms with Crippen molar-refractivity contribution in [1.82, 2.24) is 4.57 Å². The maximum Gasteiger partial charge on any atom is 0.0726 e. The van der Waals surface area contributed by atoms with E-state index in [4.69, 9.17) is 0 Å². The molecule has 0 amide bonds. The van der Waals surface area contributed by atoms with E-state index in [0.29, 0.717) is 0 Å². The highest BCUT2D eigenvalue weighted by molar-refractivity contribution is 6.09. The Balaban J connectivity index is 1.13. The largest absolute Gasteiger partial charge is 0.310 e. The minimum atomic E-state index is -0.395. The number of hydrogen-bond acceptors (Lipinski definition) is 1. The molecule has 0 saturated heterocycles. The zero-order valence-electron chi connectivity index (χ0n) is 28.8. The topological polar surface area (TPSA) is 8.17 Å². The lowest BCUT2D eigenvalue weighted by atomic mass is 9.70. The van der Waals surface area contributed by atoms with Gasteiger partial charge in [0.15, 0.2) is 0 Å². The number of aromatic nitrogens is 1. The second kappa shape index (κ2) is 10.9. The van der Waals surface area contributed by atoms with Crippen LogP contribution in [0.25, 0.3) is 49.7 Å². The van der Waals surface area contributed by atoms with Gasteiger partial charge in [-0.3, -0.25) is 0 Å².